The Morgan fingerprint density at radius 3 is 2.96 bits per heavy atom. The SMILES string of the molecule is O=C(N[C@@H]1CCOC[C@H]1OCC1CCC1)c1cccc(Cl)c1F. The number of hydrogen-bond acceptors (Lipinski definition) is 3. The van der Waals surface area contributed by atoms with Crippen molar-refractivity contribution in [1.29, 1.82) is 0 Å². The van der Waals surface area contributed by atoms with Gasteiger partial charge in [0.1, 0.15) is 6.10 Å². The quantitative estimate of drug-likeness (QED) is 0.894. The van der Waals surface area contributed by atoms with E-state index in [4.69, 9.17) is 21.1 Å². The highest BCUT2D eigenvalue weighted by molar-refractivity contribution is 6.31. The smallest absolute Gasteiger partial charge is 0.254 e. The van der Waals surface area contributed by atoms with Gasteiger partial charge in [0, 0.05) is 13.2 Å². The monoisotopic (exact) mass is 341 g/mol. The Morgan fingerprint density at radius 1 is 1.39 bits per heavy atom. The van der Waals surface area contributed by atoms with E-state index >= 15 is 0 Å². The van der Waals surface area contributed by atoms with Gasteiger partial charge in [-0.3, -0.25) is 4.79 Å². The molecule has 1 heterocycles. The van der Waals surface area contributed by atoms with Gasteiger partial charge < -0.3 is 14.8 Å². The second kappa shape index (κ2) is 7.60. The average Bonchev–Trinajstić information content (AvgIpc) is 2.50. The molecule has 0 radical (unpaired) electrons. The van der Waals surface area contributed by atoms with Crippen molar-refractivity contribution >= 4 is 17.5 Å². The Morgan fingerprint density at radius 2 is 2.22 bits per heavy atom. The van der Waals surface area contributed by atoms with Gasteiger partial charge in [0.2, 0.25) is 0 Å². The first-order valence-electron chi connectivity index (χ1n) is 8.09. The summed E-state index contributed by atoms with van der Waals surface area (Å²) in [5.74, 6) is -0.529. The Labute approximate surface area is 140 Å². The second-order valence-electron chi connectivity index (χ2n) is 6.21. The van der Waals surface area contributed by atoms with E-state index in [1.54, 1.807) is 6.07 Å². The van der Waals surface area contributed by atoms with E-state index in [9.17, 15) is 9.18 Å². The maximum Gasteiger partial charge on any atom is 0.254 e. The highest BCUT2D eigenvalue weighted by Gasteiger charge is 2.30. The van der Waals surface area contributed by atoms with Gasteiger partial charge in [-0.25, -0.2) is 4.39 Å². The van der Waals surface area contributed by atoms with Crippen LogP contribution in [0.15, 0.2) is 18.2 Å². The molecule has 1 aromatic carbocycles. The highest BCUT2D eigenvalue weighted by Crippen LogP contribution is 2.27. The number of benzene rings is 1. The number of ether oxygens (including phenoxy) is 2. The van der Waals surface area contributed by atoms with E-state index in [1.165, 1.54) is 31.4 Å². The predicted octanol–water partition coefficient (Wildman–Crippen LogP) is 3.18. The van der Waals surface area contributed by atoms with Gasteiger partial charge in [0.15, 0.2) is 5.82 Å². The van der Waals surface area contributed by atoms with Crippen LogP contribution in [-0.2, 0) is 9.47 Å². The van der Waals surface area contributed by atoms with Gasteiger partial charge in [0.05, 0.1) is 23.2 Å². The van der Waals surface area contributed by atoms with Crippen molar-refractivity contribution in [1.82, 2.24) is 5.32 Å². The van der Waals surface area contributed by atoms with Crippen LogP contribution in [-0.4, -0.2) is 37.9 Å². The summed E-state index contributed by atoms with van der Waals surface area (Å²) in [6.45, 7) is 1.72. The molecule has 2 aliphatic rings. The van der Waals surface area contributed by atoms with Gasteiger partial charge in [-0.2, -0.15) is 0 Å². The first-order valence-corrected chi connectivity index (χ1v) is 8.47. The standard InChI is InChI=1S/C17H21ClFNO3/c18-13-6-2-5-12(16(13)19)17(21)20-14-7-8-22-10-15(14)23-9-11-3-1-4-11/h2,5-6,11,14-15H,1,3-4,7-10H2,(H,20,21)/t14-,15-/m1/s1. The van der Waals surface area contributed by atoms with Crippen LogP contribution < -0.4 is 5.32 Å². The van der Waals surface area contributed by atoms with Crippen LogP contribution >= 0.6 is 11.6 Å². The van der Waals surface area contributed by atoms with E-state index in [-0.39, 0.29) is 22.7 Å². The van der Waals surface area contributed by atoms with Crippen molar-refractivity contribution in [3.05, 3.63) is 34.6 Å². The Kier molecular flexibility index (Phi) is 5.51. The van der Waals surface area contributed by atoms with Crippen molar-refractivity contribution in [2.45, 2.75) is 37.8 Å². The molecule has 3 rings (SSSR count). The zero-order valence-corrected chi connectivity index (χ0v) is 13.7. The van der Waals surface area contributed by atoms with Gasteiger partial charge in [0.25, 0.3) is 5.91 Å². The van der Waals surface area contributed by atoms with Crippen molar-refractivity contribution in [2.75, 3.05) is 19.8 Å². The molecule has 4 nitrogen and oxygen atoms in total. The van der Waals surface area contributed by atoms with Gasteiger partial charge in [-0.05, 0) is 37.3 Å². The molecule has 126 valence electrons. The third-order valence-corrected chi connectivity index (χ3v) is 4.88. The lowest BCUT2D eigenvalue weighted by atomic mass is 9.86. The van der Waals surface area contributed by atoms with Crippen molar-refractivity contribution in [3.8, 4) is 0 Å². The first-order chi connectivity index (χ1) is 11.1. The molecule has 1 saturated carbocycles. The summed E-state index contributed by atoms with van der Waals surface area (Å²) in [5.41, 5.74) is -0.0401. The molecule has 1 aromatic rings. The topological polar surface area (TPSA) is 47.6 Å². The molecule has 0 bridgehead atoms. The minimum atomic E-state index is -0.689. The van der Waals surface area contributed by atoms with Crippen molar-refractivity contribution < 1.29 is 18.7 Å². The molecule has 0 unspecified atom stereocenters. The Bertz CT molecular complexity index is 565. The van der Waals surface area contributed by atoms with E-state index in [0.29, 0.717) is 32.2 Å². The normalized spacial score (nSPS) is 25.0. The summed E-state index contributed by atoms with van der Waals surface area (Å²) < 4.78 is 25.3. The number of rotatable bonds is 5. The maximum absolute atomic E-state index is 14.0. The van der Waals surface area contributed by atoms with Crippen LogP contribution in [0.3, 0.4) is 0 Å². The molecule has 23 heavy (non-hydrogen) atoms. The first kappa shape index (κ1) is 16.7. The lowest BCUT2D eigenvalue weighted by Gasteiger charge is -2.34. The number of hydrogen-bond donors (Lipinski definition) is 1. The summed E-state index contributed by atoms with van der Waals surface area (Å²) in [6.07, 6.45) is 4.15. The summed E-state index contributed by atoms with van der Waals surface area (Å²) in [5, 5.41) is 2.82. The fraction of sp³-hybridized carbons (Fsp3) is 0.588. The van der Waals surface area contributed by atoms with Crippen LogP contribution in [0.25, 0.3) is 0 Å². The van der Waals surface area contributed by atoms with E-state index < -0.39 is 11.7 Å². The molecule has 1 aliphatic heterocycles. The van der Waals surface area contributed by atoms with Gasteiger partial charge in [-0.1, -0.05) is 24.1 Å². The third kappa shape index (κ3) is 4.03. The Hall–Kier alpha value is -1.17. The largest absolute Gasteiger partial charge is 0.379 e. The molecule has 1 amide bonds. The third-order valence-electron chi connectivity index (χ3n) is 4.59. The van der Waals surface area contributed by atoms with Crippen LogP contribution in [0.4, 0.5) is 4.39 Å². The second-order valence-corrected chi connectivity index (χ2v) is 6.62. The zero-order chi connectivity index (χ0) is 16.2. The van der Waals surface area contributed by atoms with Crippen molar-refractivity contribution in [2.24, 2.45) is 5.92 Å². The summed E-state index contributed by atoms with van der Waals surface area (Å²) >= 11 is 5.74. The van der Waals surface area contributed by atoms with Crippen LogP contribution in [0.5, 0.6) is 0 Å². The van der Waals surface area contributed by atoms with Gasteiger partial charge >= 0.3 is 0 Å². The van der Waals surface area contributed by atoms with Crippen LogP contribution in [0.2, 0.25) is 5.02 Å². The van der Waals surface area contributed by atoms with E-state index in [2.05, 4.69) is 5.32 Å². The number of amides is 1. The Balaban J connectivity index is 1.61. The fourth-order valence-electron chi connectivity index (χ4n) is 2.89. The molecule has 0 aromatic heterocycles. The van der Waals surface area contributed by atoms with Crippen molar-refractivity contribution in [3.63, 3.8) is 0 Å². The van der Waals surface area contributed by atoms with Crippen LogP contribution in [0, 0.1) is 11.7 Å². The molecule has 0 spiro atoms. The van der Waals surface area contributed by atoms with Gasteiger partial charge in [-0.15, -0.1) is 0 Å². The molecule has 1 saturated heterocycles. The maximum atomic E-state index is 14.0. The number of carbonyl (C=O) groups excluding carboxylic acids is 1. The molecular weight excluding hydrogens is 321 g/mol. The average molecular weight is 342 g/mol. The molecule has 1 N–H and O–H groups in total. The summed E-state index contributed by atoms with van der Waals surface area (Å²) in [6, 6.07) is 4.25. The number of halogens is 2. The van der Waals surface area contributed by atoms with Crippen LogP contribution in [0.1, 0.15) is 36.0 Å². The number of nitrogens with one attached hydrogen (secondary N) is 1. The summed E-state index contributed by atoms with van der Waals surface area (Å²) in [7, 11) is 0. The molecular formula is C17H21ClFNO3. The molecule has 6 heteroatoms. The highest BCUT2D eigenvalue weighted by atomic mass is 35.5. The number of carbonyl (C=O) groups is 1. The van der Waals surface area contributed by atoms with E-state index in [0.717, 1.165) is 0 Å². The molecule has 2 atom stereocenters. The lowest BCUT2D eigenvalue weighted by molar-refractivity contribution is -0.0819. The van der Waals surface area contributed by atoms with E-state index in [1.807, 2.05) is 0 Å². The summed E-state index contributed by atoms with van der Waals surface area (Å²) in [4.78, 5) is 12.3. The molecule has 1 aliphatic carbocycles. The minimum absolute atomic E-state index is 0.0401. The zero-order valence-electron chi connectivity index (χ0n) is 12.9. The predicted molar refractivity (Wildman–Crippen MR) is 85.2 cm³/mol. The fourth-order valence-corrected chi connectivity index (χ4v) is 3.06. The lowest BCUT2D eigenvalue weighted by Crippen LogP contribution is -2.50. The minimum Gasteiger partial charge on any atom is -0.379 e. The molecule has 2 fully saturated rings.